The number of carbonyl (C=O) groups excluding carboxylic acids is 1. The molecule has 0 saturated heterocycles. The molecule has 0 aliphatic rings. The summed E-state index contributed by atoms with van der Waals surface area (Å²) in [6.45, 7) is 5.33. The summed E-state index contributed by atoms with van der Waals surface area (Å²) >= 11 is 0. The second-order valence-electron chi connectivity index (χ2n) is 8.02. The van der Waals surface area contributed by atoms with Gasteiger partial charge in [-0.2, -0.15) is 0 Å². The number of nitrogens with zero attached hydrogens (tertiary/aromatic N) is 2. The van der Waals surface area contributed by atoms with E-state index in [4.69, 9.17) is 14.5 Å². The third-order valence-corrected chi connectivity index (χ3v) is 5.55. The number of benzene rings is 3. The topological polar surface area (TPSA) is 65.4 Å². The van der Waals surface area contributed by atoms with Crippen molar-refractivity contribution in [2.24, 2.45) is 0 Å². The van der Waals surface area contributed by atoms with Gasteiger partial charge >= 0.3 is 0 Å². The molecular weight excluding hydrogens is 414 g/mol. The molecule has 1 amide bonds. The minimum Gasteiger partial charge on any atom is -0.496 e. The Morgan fingerprint density at radius 3 is 2.67 bits per heavy atom. The molecule has 6 nitrogen and oxygen atoms in total. The van der Waals surface area contributed by atoms with Crippen LogP contribution in [0.15, 0.2) is 72.8 Å². The molecule has 0 bridgehead atoms. The van der Waals surface area contributed by atoms with E-state index in [1.807, 2.05) is 55.5 Å². The number of aryl methyl sites for hydroxylation is 2. The first kappa shape index (κ1) is 22.4. The van der Waals surface area contributed by atoms with Crippen LogP contribution in [0.5, 0.6) is 11.5 Å². The lowest BCUT2D eigenvalue weighted by Crippen LogP contribution is -2.29. The van der Waals surface area contributed by atoms with Crippen molar-refractivity contribution >= 4 is 16.9 Å². The van der Waals surface area contributed by atoms with Gasteiger partial charge in [0.1, 0.15) is 17.3 Å². The minimum atomic E-state index is -0.285. The normalized spacial score (nSPS) is 11.8. The zero-order valence-corrected chi connectivity index (χ0v) is 19.2. The van der Waals surface area contributed by atoms with Crippen molar-refractivity contribution in [3.63, 3.8) is 0 Å². The molecule has 0 aliphatic heterocycles. The summed E-state index contributed by atoms with van der Waals surface area (Å²) in [6.07, 6.45) is 0.814. The van der Waals surface area contributed by atoms with E-state index in [0.717, 1.165) is 35.6 Å². The Hall–Kier alpha value is -3.80. The van der Waals surface area contributed by atoms with Crippen LogP contribution >= 0.6 is 0 Å². The average molecular weight is 444 g/mol. The van der Waals surface area contributed by atoms with Gasteiger partial charge < -0.3 is 19.4 Å². The summed E-state index contributed by atoms with van der Waals surface area (Å²) in [5, 5.41) is 3.08. The predicted molar refractivity (Wildman–Crippen MR) is 130 cm³/mol. The molecule has 4 aromatic rings. The molecule has 33 heavy (non-hydrogen) atoms. The van der Waals surface area contributed by atoms with Crippen LogP contribution in [0.1, 0.15) is 41.1 Å². The van der Waals surface area contributed by atoms with Crippen LogP contribution < -0.4 is 14.8 Å². The highest BCUT2D eigenvalue weighted by atomic mass is 16.5. The van der Waals surface area contributed by atoms with Crippen LogP contribution in [-0.2, 0) is 6.54 Å². The van der Waals surface area contributed by atoms with Crippen molar-refractivity contribution < 1.29 is 14.3 Å². The van der Waals surface area contributed by atoms with Gasteiger partial charge in [-0.1, -0.05) is 36.4 Å². The third kappa shape index (κ3) is 5.17. The van der Waals surface area contributed by atoms with Crippen LogP contribution in [0.4, 0.5) is 0 Å². The fourth-order valence-electron chi connectivity index (χ4n) is 3.95. The van der Waals surface area contributed by atoms with Crippen molar-refractivity contribution in [3.8, 4) is 11.5 Å². The molecule has 170 valence electrons. The average Bonchev–Trinajstić information content (AvgIpc) is 3.20. The van der Waals surface area contributed by atoms with Crippen molar-refractivity contribution in [3.05, 3.63) is 89.7 Å². The third-order valence-electron chi connectivity index (χ3n) is 5.55. The SMILES string of the molecule is COc1ccccc1C(=O)NC(C)c1nc2ccccc2n1CCCOc1cccc(C)c1. The maximum atomic E-state index is 12.9. The molecule has 1 atom stereocenters. The van der Waals surface area contributed by atoms with Gasteiger partial charge in [0, 0.05) is 6.54 Å². The lowest BCUT2D eigenvalue weighted by atomic mass is 10.1. The molecule has 4 rings (SSSR count). The molecule has 0 radical (unpaired) electrons. The Labute approximate surface area is 194 Å². The van der Waals surface area contributed by atoms with Gasteiger partial charge in [0.05, 0.1) is 36.4 Å². The fourth-order valence-corrected chi connectivity index (χ4v) is 3.95. The number of fused-ring (bicyclic) bond motifs is 1. The lowest BCUT2D eigenvalue weighted by molar-refractivity contribution is 0.0934. The summed E-state index contributed by atoms with van der Waals surface area (Å²) in [6, 6.07) is 23.0. The maximum Gasteiger partial charge on any atom is 0.255 e. The Bertz CT molecular complexity index is 1250. The minimum absolute atomic E-state index is 0.193. The fraction of sp³-hybridized carbons (Fsp3) is 0.259. The Morgan fingerprint density at radius 2 is 1.85 bits per heavy atom. The molecule has 3 aromatic carbocycles. The number of ether oxygens (including phenoxy) is 2. The number of nitrogens with one attached hydrogen (secondary N) is 1. The van der Waals surface area contributed by atoms with Crippen LogP contribution in [-0.4, -0.2) is 29.2 Å². The van der Waals surface area contributed by atoms with Crippen molar-refractivity contribution in [2.75, 3.05) is 13.7 Å². The number of amides is 1. The van der Waals surface area contributed by atoms with Crippen LogP contribution in [0, 0.1) is 6.92 Å². The second-order valence-corrected chi connectivity index (χ2v) is 8.02. The van der Waals surface area contributed by atoms with Gasteiger partial charge in [0.15, 0.2) is 0 Å². The summed E-state index contributed by atoms with van der Waals surface area (Å²) in [7, 11) is 1.56. The summed E-state index contributed by atoms with van der Waals surface area (Å²) in [5.74, 6) is 2.04. The quantitative estimate of drug-likeness (QED) is 0.356. The zero-order chi connectivity index (χ0) is 23.2. The number of rotatable bonds is 9. The number of aromatic nitrogens is 2. The highest BCUT2D eigenvalue weighted by Crippen LogP contribution is 2.23. The summed E-state index contributed by atoms with van der Waals surface area (Å²) in [4.78, 5) is 17.8. The molecule has 0 fully saturated rings. The maximum absolute atomic E-state index is 12.9. The molecule has 1 N–H and O–H groups in total. The highest BCUT2D eigenvalue weighted by molar-refractivity contribution is 5.97. The highest BCUT2D eigenvalue weighted by Gasteiger charge is 2.20. The second kappa shape index (κ2) is 10.2. The standard InChI is InChI=1S/C27H29N3O3/c1-19-10-8-11-21(18-19)33-17-9-16-30-24-14-6-5-13-23(24)29-26(30)20(2)28-27(31)22-12-4-7-15-25(22)32-3/h4-8,10-15,18,20H,9,16-17H2,1-3H3,(H,28,31). The number of carbonyl (C=O) groups is 1. The number of hydrogen-bond acceptors (Lipinski definition) is 4. The van der Waals surface area contributed by atoms with Crippen LogP contribution in [0.2, 0.25) is 0 Å². The Kier molecular flexibility index (Phi) is 6.93. The van der Waals surface area contributed by atoms with Crippen LogP contribution in [0.3, 0.4) is 0 Å². The van der Waals surface area contributed by atoms with E-state index in [-0.39, 0.29) is 11.9 Å². The molecule has 1 unspecified atom stereocenters. The van der Waals surface area contributed by atoms with Crippen molar-refractivity contribution in [1.29, 1.82) is 0 Å². The van der Waals surface area contributed by atoms with Gasteiger partial charge in [-0.15, -0.1) is 0 Å². The number of methoxy groups -OCH3 is 1. The molecule has 6 heteroatoms. The first-order chi connectivity index (χ1) is 16.1. The van der Waals surface area contributed by atoms with E-state index >= 15 is 0 Å². The lowest BCUT2D eigenvalue weighted by Gasteiger charge is -2.17. The van der Waals surface area contributed by atoms with E-state index in [2.05, 4.69) is 28.9 Å². The summed E-state index contributed by atoms with van der Waals surface area (Å²) in [5.41, 5.74) is 3.63. The Balaban J connectivity index is 1.50. The van der Waals surface area contributed by atoms with Gasteiger partial charge in [-0.05, 0) is 62.2 Å². The number of imidazole rings is 1. The van der Waals surface area contributed by atoms with Gasteiger partial charge in [0.25, 0.3) is 5.91 Å². The van der Waals surface area contributed by atoms with E-state index in [1.165, 1.54) is 5.56 Å². The van der Waals surface area contributed by atoms with E-state index in [0.29, 0.717) is 17.9 Å². The zero-order valence-electron chi connectivity index (χ0n) is 19.2. The Morgan fingerprint density at radius 1 is 1.06 bits per heavy atom. The van der Waals surface area contributed by atoms with Crippen LogP contribution in [0.25, 0.3) is 11.0 Å². The monoisotopic (exact) mass is 443 g/mol. The molecule has 1 heterocycles. The molecule has 0 spiro atoms. The van der Waals surface area contributed by atoms with Crippen molar-refractivity contribution in [1.82, 2.24) is 14.9 Å². The first-order valence-electron chi connectivity index (χ1n) is 11.2. The van der Waals surface area contributed by atoms with Gasteiger partial charge in [-0.3, -0.25) is 4.79 Å². The first-order valence-corrected chi connectivity index (χ1v) is 11.2. The van der Waals surface area contributed by atoms with Crippen molar-refractivity contribution in [2.45, 2.75) is 32.9 Å². The summed E-state index contributed by atoms with van der Waals surface area (Å²) < 4.78 is 13.4. The smallest absolute Gasteiger partial charge is 0.255 e. The number of hydrogen-bond donors (Lipinski definition) is 1. The number of para-hydroxylation sites is 3. The van der Waals surface area contributed by atoms with E-state index in [1.54, 1.807) is 19.2 Å². The van der Waals surface area contributed by atoms with Gasteiger partial charge in [-0.25, -0.2) is 4.98 Å². The van der Waals surface area contributed by atoms with E-state index < -0.39 is 0 Å². The molecule has 0 aliphatic carbocycles. The van der Waals surface area contributed by atoms with Gasteiger partial charge in [0.2, 0.25) is 0 Å². The molecular formula is C27H29N3O3. The van der Waals surface area contributed by atoms with E-state index in [9.17, 15) is 4.79 Å². The largest absolute Gasteiger partial charge is 0.496 e. The molecule has 1 aromatic heterocycles. The predicted octanol–water partition coefficient (Wildman–Crippen LogP) is 5.31. The molecule has 0 saturated carbocycles.